The average molecular weight is 213 g/mol. The highest BCUT2D eigenvalue weighted by Gasteiger charge is 2.05. The maximum absolute atomic E-state index is 7.14. The van der Waals surface area contributed by atoms with Crippen LogP contribution in [0.25, 0.3) is 4.85 Å². The van der Waals surface area contributed by atoms with Gasteiger partial charge >= 0.3 is 0 Å². The summed E-state index contributed by atoms with van der Waals surface area (Å²) in [6.07, 6.45) is 0. The maximum Gasteiger partial charge on any atom is 0.225 e. The Morgan fingerprint density at radius 3 is 2.38 bits per heavy atom. The second-order valence-corrected chi connectivity index (χ2v) is 3.39. The van der Waals surface area contributed by atoms with Gasteiger partial charge in [0.25, 0.3) is 0 Å². The van der Waals surface area contributed by atoms with E-state index in [4.69, 9.17) is 6.57 Å². The van der Waals surface area contributed by atoms with Crippen LogP contribution in [0.2, 0.25) is 0 Å². The van der Waals surface area contributed by atoms with Crippen molar-refractivity contribution in [2.75, 3.05) is 12.4 Å². The largest absolute Gasteiger partial charge is 0.369 e. The van der Waals surface area contributed by atoms with Crippen LogP contribution in [0.5, 0.6) is 0 Å². The molecule has 0 amide bonds. The van der Waals surface area contributed by atoms with E-state index in [1.54, 1.807) is 7.05 Å². The fourth-order valence-corrected chi connectivity index (χ4v) is 1.34. The molecule has 1 rings (SSSR count). The van der Waals surface area contributed by atoms with E-state index in [-0.39, 0.29) is 0 Å². The Hall–Kier alpha value is -2.08. The Morgan fingerprint density at radius 2 is 1.88 bits per heavy atom. The third kappa shape index (κ3) is 2.96. The number of nitrogens with one attached hydrogen (secondary N) is 1. The van der Waals surface area contributed by atoms with E-state index < -0.39 is 0 Å². The Kier molecular flexibility index (Phi) is 4.28. The summed E-state index contributed by atoms with van der Waals surface area (Å²) in [6.45, 7) is 10.9. The molecule has 0 aliphatic carbocycles. The lowest BCUT2D eigenvalue weighted by Crippen LogP contribution is -2.04. The minimum atomic E-state index is 0.575. The molecule has 1 aromatic rings. The van der Waals surface area contributed by atoms with Crippen LogP contribution in [0.4, 0.5) is 5.69 Å². The van der Waals surface area contributed by atoms with Crippen molar-refractivity contribution in [2.45, 2.75) is 13.8 Å². The molecule has 1 aromatic carbocycles. The van der Waals surface area contributed by atoms with Crippen LogP contribution in [0, 0.1) is 6.57 Å². The fourth-order valence-electron chi connectivity index (χ4n) is 1.34. The number of rotatable bonds is 3. The van der Waals surface area contributed by atoms with Gasteiger partial charge in [-0.3, -0.25) is 0 Å². The van der Waals surface area contributed by atoms with Gasteiger partial charge in [0.2, 0.25) is 5.70 Å². The molecule has 0 aromatic heterocycles. The molecule has 0 aliphatic heterocycles. The van der Waals surface area contributed by atoms with Crippen molar-refractivity contribution in [1.29, 1.82) is 0 Å². The molecule has 0 fully saturated rings. The average Bonchev–Trinajstić information content (AvgIpc) is 2.31. The van der Waals surface area contributed by atoms with Crippen molar-refractivity contribution in [3.05, 3.63) is 53.1 Å². The van der Waals surface area contributed by atoms with Gasteiger partial charge in [-0.2, -0.15) is 0 Å². The predicted octanol–water partition coefficient (Wildman–Crippen LogP) is 3.34. The highest BCUT2D eigenvalue weighted by molar-refractivity contribution is 6.00. The van der Waals surface area contributed by atoms with Gasteiger partial charge in [-0.05, 0) is 26.0 Å². The quantitative estimate of drug-likeness (QED) is 0.605. The van der Waals surface area contributed by atoms with Crippen molar-refractivity contribution >= 4 is 11.4 Å². The number of anilines is 1. The van der Waals surface area contributed by atoms with Crippen molar-refractivity contribution in [3.63, 3.8) is 0 Å². The second kappa shape index (κ2) is 5.72. The molecule has 3 heteroatoms. The van der Waals surface area contributed by atoms with Crippen molar-refractivity contribution < 1.29 is 0 Å². The normalized spacial score (nSPS) is 12.8. The number of hydrogen-bond donors (Lipinski definition) is 1. The van der Waals surface area contributed by atoms with Crippen LogP contribution < -0.4 is 5.32 Å². The first-order valence-corrected chi connectivity index (χ1v) is 5.03. The van der Waals surface area contributed by atoms with Crippen molar-refractivity contribution in [1.82, 2.24) is 0 Å². The lowest BCUT2D eigenvalue weighted by Gasteiger charge is -2.08. The van der Waals surface area contributed by atoms with Gasteiger partial charge in [-0.15, -0.1) is 0 Å². The molecule has 3 nitrogen and oxygen atoms in total. The number of aliphatic imine (C=N–C) groups is 1. The molecular formula is C13H15N3. The van der Waals surface area contributed by atoms with E-state index in [9.17, 15) is 0 Å². The second-order valence-electron chi connectivity index (χ2n) is 3.39. The van der Waals surface area contributed by atoms with Gasteiger partial charge in [-0.25, -0.2) is 4.85 Å². The standard InChI is InChI=1S/C13H15N3/c1-10(14-3)13(15-4)11(2)16-12-8-6-5-7-9-12/h5-9,16H,1-3H3. The third-order valence-electron chi connectivity index (χ3n) is 2.25. The molecule has 0 spiro atoms. The van der Waals surface area contributed by atoms with E-state index in [0.717, 1.165) is 17.1 Å². The molecule has 0 saturated heterocycles. The van der Waals surface area contributed by atoms with Crippen molar-refractivity contribution in [3.8, 4) is 0 Å². The van der Waals surface area contributed by atoms with E-state index in [0.29, 0.717) is 5.70 Å². The predicted molar refractivity (Wildman–Crippen MR) is 68.4 cm³/mol. The van der Waals surface area contributed by atoms with Crippen LogP contribution in [0.15, 0.2) is 46.7 Å². The molecule has 1 N–H and O–H groups in total. The molecule has 0 radical (unpaired) electrons. The molecule has 0 heterocycles. The monoisotopic (exact) mass is 213 g/mol. The van der Waals surface area contributed by atoms with Gasteiger partial charge in [-0.1, -0.05) is 18.2 Å². The number of nitrogens with zero attached hydrogens (tertiary/aromatic N) is 2. The Morgan fingerprint density at radius 1 is 1.25 bits per heavy atom. The molecule has 0 aliphatic rings. The summed E-state index contributed by atoms with van der Waals surface area (Å²) < 4.78 is 0. The number of para-hydroxylation sites is 1. The van der Waals surface area contributed by atoms with Crippen LogP contribution in [0.1, 0.15) is 13.8 Å². The Labute approximate surface area is 96.3 Å². The minimum absolute atomic E-state index is 0.575. The summed E-state index contributed by atoms with van der Waals surface area (Å²) in [5.74, 6) is 0. The van der Waals surface area contributed by atoms with Gasteiger partial charge in [0.1, 0.15) is 0 Å². The summed E-state index contributed by atoms with van der Waals surface area (Å²) in [6, 6.07) is 9.79. The molecular weight excluding hydrogens is 198 g/mol. The number of allylic oxidation sites excluding steroid dienone is 2. The molecule has 82 valence electrons. The Balaban J connectivity index is 2.97. The highest BCUT2D eigenvalue weighted by atomic mass is 14.9. The van der Waals surface area contributed by atoms with Crippen molar-refractivity contribution in [2.24, 2.45) is 4.99 Å². The fraction of sp³-hybridized carbons (Fsp3) is 0.231. The lowest BCUT2D eigenvalue weighted by atomic mass is 10.2. The van der Waals surface area contributed by atoms with E-state index in [2.05, 4.69) is 15.2 Å². The smallest absolute Gasteiger partial charge is 0.225 e. The zero-order valence-corrected chi connectivity index (χ0v) is 9.78. The van der Waals surface area contributed by atoms with Crippen LogP contribution in [0.3, 0.4) is 0 Å². The van der Waals surface area contributed by atoms with E-state index in [1.165, 1.54) is 0 Å². The van der Waals surface area contributed by atoms with Crippen LogP contribution >= 0.6 is 0 Å². The summed E-state index contributed by atoms with van der Waals surface area (Å²) in [5, 5.41) is 3.19. The first-order chi connectivity index (χ1) is 7.69. The lowest BCUT2D eigenvalue weighted by molar-refractivity contribution is 1.32. The van der Waals surface area contributed by atoms with Crippen LogP contribution in [-0.2, 0) is 0 Å². The van der Waals surface area contributed by atoms with Gasteiger partial charge < -0.3 is 10.3 Å². The van der Waals surface area contributed by atoms with Gasteiger partial charge in [0.05, 0.1) is 6.57 Å². The first kappa shape index (κ1) is 12.0. The zero-order valence-electron chi connectivity index (χ0n) is 9.78. The third-order valence-corrected chi connectivity index (χ3v) is 2.25. The first-order valence-electron chi connectivity index (χ1n) is 5.03. The zero-order chi connectivity index (χ0) is 12.0. The molecule has 16 heavy (non-hydrogen) atoms. The van der Waals surface area contributed by atoms with E-state index in [1.807, 2.05) is 44.2 Å². The molecule has 0 atom stereocenters. The highest BCUT2D eigenvalue weighted by Crippen LogP contribution is 2.13. The van der Waals surface area contributed by atoms with E-state index >= 15 is 0 Å². The maximum atomic E-state index is 7.14. The molecule has 0 saturated carbocycles. The van der Waals surface area contributed by atoms with Crippen LogP contribution in [-0.4, -0.2) is 12.8 Å². The summed E-state index contributed by atoms with van der Waals surface area (Å²) in [5.41, 5.74) is 3.12. The summed E-state index contributed by atoms with van der Waals surface area (Å²) >= 11 is 0. The van der Waals surface area contributed by atoms with Gasteiger partial charge in [0, 0.05) is 24.1 Å². The number of hydrogen-bond acceptors (Lipinski definition) is 2. The Bertz CT molecular complexity index is 450. The molecule has 0 bridgehead atoms. The molecule has 0 unspecified atom stereocenters. The SMILES string of the molecule is [C-]#[N+]C(C(C)=NC)=C(C)Nc1ccccc1. The van der Waals surface area contributed by atoms with Gasteiger partial charge in [0.15, 0.2) is 0 Å². The topological polar surface area (TPSA) is 28.8 Å². The number of benzene rings is 1. The summed E-state index contributed by atoms with van der Waals surface area (Å²) in [7, 11) is 1.69. The minimum Gasteiger partial charge on any atom is -0.369 e. The summed E-state index contributed by atoms with van der Waals surface area (Å²) in [4.78, 5) is 7.52.